The molecular formula is C9H10F3NOS. The maximum Gasteiger partial charge on any atom is 0.425 e. The topological polar surface area (TPSA) is 35.2 Å². The third-order valence-corrected chi connectivity index (χ3v) is 3.59. The van der Waals surface area contributed by atoms with Crippen molar-refractivity contribution in [1.29, 1.82) is 0 Å². The van der Waals surface area contributed by atoms with Gasteiger partial charge in [-0.05, 0) is 11.6 Å². The van der Waals surface area contributed by atoms with Crippen LogP contribution in [-0.2, 0) is 17.3 Å². The van der Waals surface area contributed by atoms with Gasteiger partial charge in [0.05, 0.1) is 12.7 Å². The summed E-state index contributed by atoms with van der Waals surface area (Å²) in [4.78, 5) is 0.195. The number of hydrogen-bond donors (Lipinski definition) is 1. The molecule has 2 N–H and O–H groups in total. The molecule has 15 heavy (non-hydrogen) atoms. The molecule has 1 aromatic rings. The molecular weight excluding hydrogens is 227 g/mol. The van der Waals surface area contributed by atoms with Gasteiger partial charge in [-0.15, -0.1) is 11.3 Å². The number of thiophene rings is 1. The van der Waals surface area contributed by atoms with Crippen LogP contribution in [0.15, 0.2) is 6.07 Å². The molecule has 6 heteroatoms. The minimum atomic E-state index is -4.26. The fraction of sp³-hybridized carbons (Fsp3) is 0.556. The van der Waals surface area contributed by atoms with Crippen molar-refractivity contribution < 1.29 is 17.9 Å². The highest BCUT2D eigenvalue weighted by molar-refractivity contribution is 7.12. The standard InChI is InChI=1S/C9H10F3NOS/c10-9(11,12)8-3-5-6(4-13)14-2-1-7(5)15-8/h3,6H,1-2,4,13H2. The Morgan fingerprint density at radius 3 is 2.87 bits per heavy atom. The summed E-state index contributed by atoms with van der Waals surface area (Å²) in [5.41, 5.74) is 6.05. The molecule has 2 nitrogen and oxygen atoms in total. The quantitative estimate of drug-likeness (QED) is 0.813. The first kappa shape index (κ1) is 10.9. The molecule has 0 aromatic carbocycles. The highest BCUT2D eigenvalue weighted by atomic mass is 32.1. The van der Waals surface area contributed by atoms with Crippen LogP contribution >= 0.6 is 11.3 Å². The van der Waals surface area contributed by atoms with Crippen LogP contribution in [0.3, 0.4) is 0 Å². The first-order chi connectivity index (χ1) is 7.02. The Bertz CT molecular complexity index is 361. The molecule has 0 saturated heterocycles. The van der Waals surface area contributed by atoms with Crippen molar-refractivity contribution in [2.45, 2.75) is 18.7 Å². The van der Waals surface area contributed by atoms with E-state index in [9.17, 15) is 13.2 Å². The molecule has 1 aromatic heterocycles. The summed E-state index contributed by atoms with van der Waals surface area (Å²) in [5, 5.41) is 0. The Balaban J connectivity index is 2.37. The Morgan fingerprint density at radius 2 is 2.27 bits per heavy atom. The number of halogens is 3. The number of fused-ring (bicyclic) bond motifs is 1. The van der Waals surface area contributed by atoms with Gasteiger partial charge in [0.25, 0.3) is 0 Å². The molecule has 1 atom stereocenters. The first-order valence-corrected chi connectivity index (χ1v) is 5.35. The van der Waals surface area contributed by atoms with Gasteiger partial charge in [-0.3, -0.25) is 0 Å². The van der Waals surface area contributed by atoms with Crippen molar-refractivity contribution in [3.05, 3.63) is 21.4 Å². The van der Waals surface area contributed by atoms with Gasteiger partial charge in [0.15, 0.2) is 0 Å². The third-order valence-electron chi connectivity index (χ3n) is 2.33. The molecule has 2 heterocycles. The molecule has 0 saturated carbocycles. The molecule has 1 unspecified atom stereocenters. The predicted molar refractivity (Wildman–Crippen MR) is 50.8 cm³/mol. The first-order valence-electron chi connectivity index (χ1n) is 4.54. The summed E-state index contributed by atoms with van der Waals surface area (Å²) in [6, 6.07) is 1.16. The van der Waals surface area contributed by atoms with Gasteiger partial charge < -0.3 is 10.5 Å². The van der Waals surface area contributed by atoms with Gasteiger partial charge in [-0.1, -0.05) is 0 Å². The largest absolute Gasteiger partial charge is 0.425 e. The Labute approximate surface area is 88.8 Å². The molecule has 0 aliphatic carbocycles. The SMILES string of the molecule is NCC1OCCc2sc(C(F)(F)F)cc21. The molecule has 0 bridgehead atoms. The highest BCUT2D eigenvalue weighted by Crippen LogP contribution is 2.40. The van der Waals surface area contributed by atoms with Gasteiger partial charge in [-0.2, -0.15) is 13.2 Å². The Kier molecular flexibility index (Phi) is 2.74. The van der Waals surface area contributed by atoms with E-state index in [1.807, 2.05) is 0 Å². The zero-order chi connectivity index (χ0) is 11.1. The van der Waals surface area contributed by atoms with Gasteiger partial charge in [-0.25, -0.2) is 0 Å². The lowest BCUT2D eigenvalue weighted by Crippen LogP contribution is -2.21. The average molecular weight is 237 g/mol. The van der Waals surface area contributed by atoms with Crippen molar-refractivity contribution in [2.24, 2.45) is 5.73 Å². The second-order valence-corrected chi connectivity index (χ2v) is 4.47. The summed E-state index contributed by atoms with van der Waals surface area (Å²) in [6.45, 7) is 0.674. The van der Waals surface area contributed by atoms with Crippen LogP contribution in [-0.4, -0.2) is 13.2 Å². The molecule has 2 rings (SSSR count). The smallest absolute Gasteiger partial charge is 0.372 e. The van der Waals surface area contributed by atoms with E-state index in [2.05, 4.69) is 0 Å². The molecule has 0 spiro atoms. The van der Waals surface area contributed by atoms with Gasteiger partial charge >= 0.3 is 6.18 Å². The summed E-state index contributed by atoms with van der Waals surface area (Å²) in [6.07, 6.45) is -4.09. The van der Waals surface area contributed by atoms with Gasteiger partial charge in [0.1, 0.15) is 4.88 Å². The maximum absolute atomic E-state index is 12.4. The fourth-order valence-corrected chi connectivity index (χ4v) is 2.69. The van der Waals surface area contributed by atoms with E-state index >= 15 is 0 Å². The van der Waals surface area contributed by atoms with Crippen LogP contribution in [0.25, 0.3) is 0 Å². The van der Waals surface area contributed by atoms with Crippen molar-refractivity contribution >= 4 is 11.3 Å². The molecule has 84 valence electrons. The molecule has 0 amide bonds. The number of hydrogen-bond acceptors (Lipinski definition) is 3. The second-order valence-electron chi connectivity index (χ2n) is 3.33. The maximum atomic E-state index is 12.4. The number of rotatable bonds is 1. The van der Waals surface area contributed by atoms with Crippen LogP contribution in [0.5, 0.6) is 0 Å². The minimum absolute atomic E-state index is 0.223. The number of alkyl halides is 3. The summed E-state index contributed by atoms with van der Waals surface area (Å²) in [7, 11) is 0. The summed E-state index contributed by atoms with van der Waals surface area (Å²) in [5.74, 6) is 0. The highest BCUT2D eigenvalue weighted by Gasteiger charge is 2.35. The Hall–Kier alpha value is -0.590. The van der Waals surface area contributed by atoms with E-state index < -0.39 is 11.1 Å². The molecule has 1 aliphatic heterocycles. The zero-order valence-corrected chi connectivity index (χ0v) is 8.62. The van der Waals surface area contributed by atoms with E-state index in [1.54, 1.807) is 0 Å². The normalized spacial score (nSPS) is 21.5. The average Bonchev–Trinajstić information content (AvgIpc) is 2.59. The summed E-state index contributed by atoms with van der Waals surface area (Å²) >= 11 is 0.801. The van der Waals surface area contributed by atoms with Crippen LogP contribution in [0.2, 0.25) is 0 Å². The van der Waals surface area contributed by atoms with E-state index in [4.69, 9.17) is 10.5 Å². The van der Waals surface area contributed by atoms with Crippen LogP contribution in [0.1, 0.15) is 21.4 Å². The lowest BCUT2D eigenvalue weighted by atomic mass is 10.1. The van der Waals surface area contributed by atoms with Crippen LogP contribution in [0, 0.1) is 0 Å². The van der Waals surface area contributed by atoms with Crippen molar-refractivity contribution in [2.75, 3.05) is 13.2 Å². The molecule has 0 radical (unpaired) electrons. The van der Waals surface area contributed by atoms with Crippen molar-refractivity contribution in [3.63, 3.8) is 0 Å². The zero-order valence-electron chi connectivity index (χ0n) is 7.80. The van der Waals surface area contributed by atoms with E-state index in [1.165, 1.54) is 0 Å². The Morgan fingerprint density at radius 1 is 1.53 bits per heavy atom. The number of nitrogens with two attached hydrogens (primary N) is 1. The van der Waals surface area contributed by atoms with Crippen LogP contribution in [0.4, 0.5) is 13.2 Å². The van der Waals surface area contributed by atoms with Crippen molar-refractivity contribution in [1.82, 2.24) is 0 Å². The third kappa shape index (κ3) is 2.02. The fourth-order valence-electron chi connectivity index (χ4n) is 1.63. The minimum Gasteiger partial charge on any atom is -0.372 e. The lowest BCUT2D eigenvalue weighted by Gasteiger charge is -2.21. The summed E-state index contributed by atoms with van der Waals surface area (Å²) < 4.78 is 42.6. The number of ether oxygens (including phenoxy) is 1. The van der Waals surface area contributed by atoms with E-state index in [0.717, 1.165) is 22.3 Å². The van der Waals surface area contributed by atoms with Crippen LogP contribution < -0.4 is 5.73 Å². The molecule has 0 fully saturated rings. The van der Waals surface area contributed by atoms with Crippen molar-refractivity contribution in [3.8, 4) is 0 Å². The van der Waals surface area contributed by atoms with E-state index in [-0.39, 0.29) is 12.6 Å². The van der Waals surface area contributed by atoms with Gasteiger partial charge in [0, 0.05) is 17.8 Å². The lowest BCUT2D eigenvalue weighted by molar-refractivity contribution is -0.134. The molecule has 1 aliphatic rings. The second kappa shape index (κ2) is 3.77. The predicted octanol–water partition coefficient (Wildman–Crippen LogP) is 2.34. The van der Waals surface area contributed by atoms with Gasteiger partial charge in [0.2, 0.25) is 0 Å². The monoisotopic (exact) mass is 237 g/mol. The van der Waals surface area contributed by atoms with E-state index in [0.29, 0.717) is 18.6 Å².